The van der Waals surface area contributed by atoms with Crippen molar-refractivity contribution in [2.75, 3.05) is 7.11 Å². The first-order valence-electron chi connectivity index (χ1n) is 9.01. The monoisotopic (exact) mass is 421 g/mol. The molecule has 0 amide bonds. The summed E-state index contributed by atoms with van der Waals surface area (Å²) in [5, 5.41) is 20.5. The number of carboxylic acid groups (broad SMARTS) is 2. The fourth-order valence-corrected chi connectivity index (χ4v) is 4.47. The summed E-state index contributed by atoms with van der Waals surface area (Å²) < 4.78 is 4.77. The Labute approximate surface area is 174 Å². The van der Waals surface area contributed by atoms with E-state index < -0.39 is 23.3 Å². The lowest BCUT2D eigenvalue weighted by Gasteiger charge is -2.45. The van der Waals surface area contributed by atoms with Gasteiger partial charge in [-0.1, -0.05) is 29.8 Å². The number of hydrogen-bond donors (Lipinski definition) is 2. The lowest BCUT2D eigenvalue weighted by molar-refractivity contribution is -0.140. The predicted octanol–water partition coefficient (Wildman–Crippen LogP) is 3.58. The van der Waals surface area contributed by atoms with Crippen LogP contribution in [0.15, 0.2) is 46.8 Å². The number of methoxy groups -OCH3 is 1. The molecule has 156 valence electrons. The third kappa shape index (κ3) is 3.74. The zero-order valence-electron chi connectivity index (χ0n) is 16.9. The molecule has 0 aromatic heterocycles. The quantitative estimate of drug-likeness (QED) is 0.676. The number of allylic oxidation sites excluding steroid dienone is 1. The van der Waals surface area contributed by atoms with Crippen LogP contribution in [0.2, 0.25) is 5.02 Å². The minimum atomic E-state index is -1.59. The van der Waals surface area contributed by atoms with E-state index in [1.807, 2.05) is 0 Å². The van der Waals surface area contributed by atoms with Crippen LogP contribution in [-0.4, -0.2) is 46.2 Å². The van der Waals surface area contributed by atoms with Gasteiger partial charge in [0.15, 0.2) is 0 Å². The summed E-state index contributed by atoms with van der Waals surface area (Å²) in [5.74, 6) is -3.22. The number of hydrogen-bond acceptors (Lipinski definition) is 5. The number of carboxylic acids is 2. The maximum absolute atomic E-state index is 12.5. The number of benzene rings is 1. The van der Waals surface area contributed by atoms with Gasteiger partial charge in [0.05, 0.1) is 30.1 Å². The third-order valence-electron chi connectivity index (χ3n) is 5.20. The molecule has 7 nitrogen and oxygen atoms in total. The Kier molecular flexibility index (Phi) is 6.43. The van der Waals surface area contributed by atoms with E-state index in [-0.39, 0.29) is 34.3 Å². The minimum absolute atomic E-state index is 0.106. The number of rotatable bonds is 6. The van der Waals surface area contributed by atoms with Gasteiger partial charge in [0, 0.05) is 22.5 Å². The molecule has 0 aliphatic carbocycles. The van der Waals surface area contributed by atoms with Crippen molar-refractivity contribution < 1.29 is 29.3 Å². The molecule has 0 radical (unpaired) electrons. The molecule has 2 N–H and O–H groups in total. The molecule has 1 aromatic rings. The molecular weight excluding hydrogens is 398 g/mol. The summed E-state index contributed by atoms with van der Waals surface area (Å²) in [4.78, 5) is 38.5. The maximum atomic E-state index is 12.5. The molecule has 0 saturated carbocycles. The summed E-state index contributed by atoms with van der Waals surface area (Å²) in [6.07, 6.45) is -0.319. The van der Waals surface area contributed by atoms with Gasteiger partial charge in [0.1, 0.15) is 0 Å². The van der Waals surface area contributed by atoms with Gasteiger partial charge >= 0.3 is 17.9 Å². The van der Waals surface area contributed by atoms with Gasteiger partial charge in [-0.25, -0.2) is 9.59 Å². The Hall–Kier alpha value is -2.80. The molecule has 1 aliphatic heterocycles. The van der Waals surface area contributed by atoms with Gasteiger partial charge in [-0.15, -0.1) is 0 Å². The number of ether oxygens (including phenoxy) is 1. The second-order valence-electron chi connectivity index (χ2n) is 7.21. The second-order valence-corrected chi connectivity index (χ2v) is 7.62. The molecule has 1 unspecified atom stereocenters. The van der Waals surface area contributed by atoms with E-state index in [1.54, 1.807) is 49.9 Å². The van der Waals surface area contributed by atoms with E-state index in [1.165, 1.54) is 14.0 Å². The topological polar surface area (TPSA) is 104 Å². The van der Waals surface area contributed by atoms with E-state index in [4.69, 9.17) is 16.3 Å². The van der Waals surface area contributed by atoms with E-state index in [2.05, 4.69) is 0 Å². The SMILES string of the molecule is COC(=O)CC1=C(C(=O)O)C(C)(c2ccccc2Cl)C(C(=O)O)=C(C)N1C(C)C. The number of carbonyl (C=O) groups is 3. The summed E-state index contributed by atoms with van der Waals surface area (Å²) >= 11 is 6.38. The van der Waals surface area contributed by atoms with E-state index in [9.17, 15) is 24.6 Å². The van der Waals surface area contributed by atoms with Crippen LogP contribution < -0.4 is 0 Å². The number of halogens is 1. The zero-order chi connectivity index (χ0) is 22.1. The van der Waals surface area contributed by atoms with Crippen molar-refractivity contribution in [2.45, 2.75) is 45.6 Å². The molecule has 1 atom stereocenters. The average Bonchev–Trinajstić information content (AvgIpc) is 2.60. The Morgan fingerprint density at radius 2 is 1.69 bits per heavy atom. The maximum Gasteiger partial charge on any atom is 0.334 e. The molecule has 1 aromatic carbocycles. The van der Waals surface area contributed by atoms with Gasteiger partial charge in [0.25, 0.3) is 0 Å². The Morgan fingerprint density at radius 1 is 1.14 bits per heavy atom. The molecule has 1 heterocycles. The van der Waals surface area contributed by atoms with Crippen LogP contribution in [0.3, 0.4) is 0 Å². The zero-order valence-corrected chi connectivity index (χ0v) is 17.7. The van der Waals surface area contributed by atoms with Crippen LogP contribution in [0, 0.1) is 0 Å². The normalized spacial score (nSPS) is 19.6. The summed E-state index contributed by atoms with van der Waals surface area (Å²) in [6.45, 7) is 6.70. The van der Waals surface area contributed by atoms with Crippen LogP contribution in [-0.2, 0) is 24.5 Å². The molecule has 1 aliphatic rings. The predicted molar refractivity (Wildman–Crippen MR) is 107 cm³/mol. The molecule has 0 spiro atoms. The molecular formula is C21H24ClNO6. The van der Waals surface area contributed by atoms with E-state index >= 15 is 0 Å². The number of carbonyl (C=O) groups excluding carboxylic acids is 1. The van der Waals surface area contributed by atoms with Gasteiger partial charge in [0.2, 0.25) is 0 Å². The lowest BCUT2D eigenvalue weighted by Crippen LogP contribution is -2.46. The van der Waals surface area contributed by atoms with Crippen molar-refractivity contribution in [3.05, 3.63) is 57.4 Å². The first-order valence-corrected chi connectivity index (χ1v) is 9.38. The summed E-state index contributed by atoms with van der Waals surface area (Å²) in [5.41, 5.74) is -1.04. The largest absolute Gasteiger partial charge is 0.478 e. The molecule has 8 heteroatoms. The van der Waals surface area contributed by atoms with Crippen molar-refractivity contribution in [2.24, 2.45) is 0 Å². The highest BCUT2D eigenvalue weighted by Gasteiger charge is 2.50. The summed E-state index contributed by atoms with van der Waals surface area (Å²) in [6, 6.07) is 6.21. The minimum Gasteiger partial charge on any atom is -0.478 e. The van der Waals surface area contributed by atoms with Crippen LogP contribution in [0.1, 0.15) is 39.7 Å². The summed E-state index contributed by atoms with van der Waals surface area (Å²) in [7, 11) is 1.21. The van der Waals surface area contributed by atoms with Crippen LogP contribution in [0.25, 0.3) is 0 Å². The van der Waals surface area contributed by atoms with Crippen molar-refractivity contribution in [3.63, 3.8) is 0 Å². The highest BCUT2D eigenvalue weighted by molar-refractivity contribution is 6.31. The molecule has 0 fully saturated rings. The van der Waals surface area contributed by atoms with Crippen LogP contribution >= 0.6 is 11.6 Å². The van der Waals surface area contributed by atoms with E-state index in [0.717, 1.165) is 0 Å². The van der Waals surface area contributed by atoms with Crippen molar-refractivity contribution >= 4 is 29.5 Å². The van der Waals surface area contributed by atoms with E-state index in [0.29, 0.717) is 11.3 Å². The Bertz CT molecular complexity index is 933. The first-order chi connectivity index (χ1) is 13.5. The third-order valence-corrected chi connectivity index (χ3v) is 5.53. The fourth-order valence-electron chi connectivity index (χ4n) is 4.14. The first kappa shape index (κ1) is 22.5. The van der Waals surface area contributed by atoms with Gasteiger partial charge in [-0.05, 0) is 39.3 Å². The number of nitrogens with zero attached hydrogens (tertiary/aromatic N) is 1. The number of esters is 1. The Morgan fingerprint density at radius 3 is 2.14 bits per heavy atom. The molecule has 29 heavy (non-hydrogen) atoms. The molecule has 0 saturated heterocycles. The van der Waals surface area contributed by atoms with Crippen molar-refractivity contribution in [1.82, 2.24) is 4.90 Å². The number of aliphatic carboxylic acids is 2. The van der Waals surface area contributed by atoms with Crippen LogP contribution in [0.5, 0.6) is 0 Å². The smallest absolute Gasteiger partial charge is 0.334 e. The fraction of sp³-hybridized carbons (Fsp3) is 0.381. The Balaban J connectivity index is 3.03. The molecule has 2 rings (SSSR count). The highest BCUT2D eigenvalue weighted by Crippen LogP contribution is 2.50. The highest BCUT2D eigenvalue weighted by atomic mass is 35.5. The van der Waals surface area contributed by atoms with Gasteiger partial charge < -0.3 is 19.8 Å². The van der Waals surface area contributed by atoms with Crippen LogP contribution in [0.4, 0.5) is 0 Å². The lowest BCUT2D eigenvalue weighted by atomic mass is 9.66. The van der Waals surface area contributed by atoms with Crippen molar-refractivity contribution in [1.29, 1.82) is 0 Å². The van der Waals surface area contributed by atoms with Crippen molar-refractivity contribution in [3.8, 4) is 0 Å². The average molecular weight is 422 g/mol. The van der Waals surface area contributed by atoms with Gasteiger partial charge in [-0.2, -0.15) is 0 Å². The van der Waals surface area contributed by atoms with Gasteiger partial charge in [-0.3, -0.25) is 4.79 Å². The second kappa shape index (κ2) is 8.29. The standard InChI is InChI=1S/C21H24ClNO6/c1-11(2)23-12(3)17(19(25)26)21(4,13-8-6-7-9-14(13)22)18(20(27)28)15(23)10-16(24)29-5/h6-9,11H,10H2,1-5H3,(H,25,26)(H,27,28). The molecule has 0 bridgehead atoms.